The molecule has 1 nitrogen and oxygen atoms in total. The van der Waals surface area contributed by atoms with Crippen molar-refractivity contribution in [1.82, 2.24) is 0 Å². The smallest absolute Gasteiger partial charge is 0.0551 e. The van der Waals surface area contributed by atoms with E-state index in [1.165, 1.54) is 81.0 Å². The Hall–Kier alpha value is -4.44. The van der Waals surface area contributed by atoms with Gasteiger partial charge in [-0.25, -0.2) is 0 Å². The second kappa shape index (κ2) is 8.78. The molecule has 0 spiro atoms. The lowest BCUT2D eigenvalue weighted by Gasteiger charge is -2.34. The number of hydrogen-bond donors (Lipinski definition) is 0. The minimum Gasteiger partial charge on any atom is -0.309 e. The Morgan fingerprint density at radius 3 is 2.07 bits per heavy atom. The predicted molar refractivity (Wildman–Crippen MR) is 181 cm³/mol. The van der Waals surface area contributed by atoms with Gasteiger partial charge in [0.05, 0.1) is 17.1 Å². The zero-order chi connectivity index (χ0) is 27.1. The molecule has 9 rings (SSSR count). The highest BCUT2D eigenvalue weighted by Crippen LogP contribution is 2.54. The van der Waals surface area contributed by atoms with E-state index in [1.54, 1.807) is 0 Å². The molecule has 0 N–H and O–H groups in total. The first-order chi connectivity index (χ1) is 20.3. The summed E-state index contributed by atoms with van der Waals surface area (Å²) in [6.07, 6.45) is 0. The molecule has 0 amide bonds. The van der Waals surface area contributed by atoms with Crippen molar-refractivity contribution in [1.29, 1.82) is 0 Å². The molecular weight excluding hydrogens is 582 g/mol. The molecule has 0 saturated carbocycles. The lowest BCUT2D eigenvalue weighted by Crippen LogP contribution is -2.15. The van der Waals surface area contributed by atoms with E-state index in [4.69, 9.17) is 0 Å². The number of halogens is 1. The molecular formula is C38H22BrNS. The lowest BCUT2D eigenvalue weighted by atomic mass is 9.87. The van der Waals surface area contributed by atoms with Crippen LogP contribution < -0.4 is 4.90 Å². The van der Waals surface area contributed by atoms with Crippen molar-refractivity contribution in [2.24, 2.45) is 0 Å². The van der Waals surface area contributed by atoms with E-state index in [9.17, 15) is 0 Å². The van der Waals surface area contributed by atoms with Gasteiger partial charge in [-0.1, -0.05) is 113 Å². The van der Waals surface area contributed by atoms with Gasteiger partial charge in [0.15, 0.2) is 0 Å². The van der Waals surface area contributed by atoms with Crippen molar-refractivity contribution in [2.45, 2.75) is 0 Å². The molecule has 0 saturated heterocycles. The number of nitrogens with zero attached hydrogens (tertiary/aromatic N) is 1. The summed E-state index contributed by atoms with van der Waals surface area (Å²) < 4.78 is 3.77. The number of benzene rings is 7. The Morgan fingerprint density at radius 2 is 1.15 bits per heavy atom. The molecule has 0 bridgehead atoms. The standard InChI is InChI=1S/C38H22BrNS/c39-31-13-5-8-23-9-6-15-33(37(23)31)40-32-14-3-1-10-26(32)30-21-20-25(29-12-7-16-34(40)38(29)30)24-18-19-28-27-11-2-4-17-35(27)41-36(28)22-24/h1-22H. The molecule has 1 aliphatic heterocycles. The molecule has 0 aliphatic carbocycles. The van der Waals surface area contributed by atoms with Crippen LogP contribution in [0.2, 0.25) is 0 Å². The number of hydrogen-bond acceptors (Lipinski definition) is 2. The molecule has 1 aromatic heterocycles. The molecule has 41 heavy (non-hydrogen) atoms. The zero-order valence-corrected chi connectivity index (χ0v) is 24.3. The molecule has 0 unspecified atom stereocenters. The van der Waals surface area contributed by atoms with Gasteiger partial charge in [0.25, 0.3) is 0 Å². The highest BCUT2D eigenvalue weighted by Gasteiger charge is 2.28. The molecule has 0 radical (unpaired) electrons. The van der Waals surface area contributed by atoms with Gasteiger partial charge in [-0.15, -0.1) is 11.3 Å². The summed E-state index contributed by atoms with van der Waals surface area (Å²) in [5.74, 6) is 0. The third-order valence-electron chi connectivity index (χ3n) is 8.46. The van der Waals surface area contributed by atoms with Crippen molar-refractivity contribution < 1.29 is 0 Å². The van der Waals surface area contributed by atoms with Crippen LogP contribution in [0.4, 0.5) is 17.1 Å². The predicted octanol–water partition coefficient (Wildman–Crippen LogP) is 12.2. The fourth-order valence-corrected chi connectivity index (χ4v) is 8.42. The number of rotatable bonds is 2. The summed E-state index contributed by atoms with van der Waals surface area (Å²) in [4.78, 5) is 2.46. The quantitative estimate of drug-likeness (QED) is 0.190. The largest absolute Gasteiger partial charge is 0.309 e. The minimum atomic E-state index is 1.10. The van der Waals surface area contributed by atoms with E-state index in [1.807, 2.05) is 11.3 Å². The molecule has 0 fully saturated rings. The summed E-state index contributed by atoms with van der Waals surface area (Å²) in [7, 11) is 0. The van der Waals surface area contributed by atoms with Crippen LogP contribution >= 0.6 is 27.3 Å². The van der Waals surface area contributed by atoms with Crippen LogP contribution in [0.1, 0.15) is 0 Å². The second-order valence-corrected chi connectivity index (χ2v) is 12.6. The summed E-state index contributed by atoms with van der Waals surface area (Å²) in [5.41, 5.74) is 8.66. The third-order valence-corrected chi connectivity index (χ3v) is 10.3. The van der Waals surface area contributed by atoms with Crippen LogP contribution in [0.3, 0.4) is 0 Å². The molecule has 2 heterocycles. The van der Waals surface area contributed by atoms with E-state index in [0.717, 1.165) is 4.47 Å². The number of thiophene rings is 1. The Labute approximate surface area is 250 Å². The Bertz CT molecular complexity index is 2340. The van der Waals surface area contributed by atoms with Crippen molar-refractivity contribution in [2.75, 3.05) is 4.90 Å². The first kappa shape index (κ1) is 23.3. The maximum Gasteiger partial charge on any atom is 0.0551 e. The summed E-state index contributed by atoms with van der Waals surface area (Å²) in [5, 5.41) is 7.68. The normalized spacial score (nSPS) is 12.5. The van der Waals surface area contributed by atoms with Crippen LogP contribution in [0.5, 0.6) is 0 Å². The average Bonchev–Trinajstić information content (AvgIpc) is 3.39. The van der Waals surface area contributed by atoms with Gasteiger partial charge in [-0.3, -0.25) is 0 Å². The number of fused-ring (bicyclic) bond motifs is 6. The summed E-state index contributed by atoms with van der Waals surface area (Å²) in [6, 6.07) is 48.9. The van der Waals surface area contributed by atoms with Crippen LogP contribution in [-0.4, -0.2) is 0 Å². The van der Waals surface area contributed by atoms with Gasteiger partial charge in [0.1, 0.15) is 0 Å². The van der Waals surface area contributed by atoms with Crippen LogP contribution in [-0.2, 0) is 0 Å². The first-order valence-electron chi connectivity index (χ1n) is 13.8. The fraction of sp³-hybridized carbons (Fsp3) is 0. The van der Waals surface area contributed by atoms with Gasteiger partial charge in [0, 0.05) is 41.0 Å². The van der Waals surface area contributed by atoms with Crippen molar-refractivity contribution in [3.8, 4) is 22.3 Å². The Balaban J connectivity index is 1.34. The van der Waals surface area contributed by atoms with E-state index in [2.05, 4.69) is 154 Å². The van der Waals surface area contributed by atoms with Gasteiger partial charge in [-0.05, 0) is 63.9 Å². The molecule has 7 aromatic carbocycles. The van der Waals surface area contributed by atoms with Gasteiger partial charge < -0.3 is 4.90 Å². The third kappa shape index (κ3) is 3.34. The van der Waals surface area contributed by atoms with Crippen LogP contribution in [0.15, 0.2) is 138 Å². The average molecular weight is 605 g/mol. The number of para-hydroxylation sites is 1. The molecule has 0 atom stereocenters. The molecule has 1 aliphatic rings. The zero-order valence-electron chi connectivity index (χ0n) is 21.9. The van der Waals surface area contributed by atoms with E-state index >= 15 is 0 Å². The van der Waals surface area contributed by atoms with Crippen molar-refractivity contribution in [3.63, 3.8) is 0 Å². The molecule has 3 heteroatoms. The maximum atomic E-state index is 3.87. The van der Waals surface area contributed by atoms with E-state index < -0.39 is 0 Å². The first-order valence-corrected chi connectivity index (χ1v) is 15.4. The fourth-order valence-electron chi connectivity index (χ4n) is 6.69. The highest BCUT2D eigenvalue weighted by atomic mass is 79.9. The van der Waals surface area contributed by atoms with Crippen molar-refractivity contribution >= 4 is 86.0 Å². The summed E-state index contributed by atoms with van der Waals surface area (Å²) >= 11 is 5.75. The van der Waals surface area contributed by atoms with Crippen molar-refractivity contribution in [3.05, 3.63) is 138 Å². The minimum absolute atomic E-state index is 1.10. The summed E-state index contributed by atoms with van der Waals surface area (Å²) in [6.45, 7) is 0. The number of anilines is 3. The van der Waals surface area contributed by atoms with Crippen LogP contribution in [0, 0.1) is 0 Å². The monoisotopic (exact) mass is 603 g/mol. The van der Waals surface area contributed by atoms with E-state index in [-0.39, 0.29) is 0 Å². The SMILES string of the molecule is Brc1cccc2cccc(N3c4ccccc4-c4ccc(-c5ccc6c(c5)sc5ccccc56)c5cccc3c45)c12. The molecule has 192 valence electrons. The molecule has 8 aromatic rings. The van der Waals surface area contributed by atoms with Crippen LogP contribution in [0.25, 0.3) is 64.0 Å². The van der Waals surface area contributed by atoms with Gasteiger partial charge >= 0.3 is 0 Å². The Kier molecular flexibility index (Phi) is 4.98. The highest BCUT2D eigenvalue weighted by molar-refractivity contribution is 9.10. The van der Waals surface area contributed by atoms with Gasteiger partial charge in [-0.2, -0.15) is 0 Å². The topological polar surface area (TPSA) is 3.24 Å². The maximum absolute atomic E-state index is 3.87. The van der Waals surface area contributed by atoms with Gasteiger partial charge in [0.2, 0.25) is 0 Å². The Morgan fingerprint density at radius 1 is 0.463 bits per heavy atom. The van der Waals surface area contributed by atoms with E-state index in [0.29, 0.717) is 0 Å². The second-order valence-electron chi connectivity index (χ2n) is 10.6. The lowest BCUT2D eigenvalue weighted by molar-refractivity contribution is 1.30.